The standard InChI is InChI=1S/C15H17N3O3/c1-9-14(16-3)17-10(2)18-15(9)19-7-11-4-5-12-13(6-11)21-8-20-12/h4-6H,7-8H2,1-3H3,(H,16,17,18). The topological polar surface area (TPSA) is 65.5 Å². The average Bonchev–Trinajstić information content (AvgIpc) is 2.95. The number of ether oxygens (including phenoxy) is 3. The van der Waals surface area contributed by atoms with E-state index in [0.29, 0.717) is 18.3 Å². The lowest BCUT2D eigenvalue weighted by molar-refractivity contribution is 0.174. The fourth-order valence-corrected chi connectivity index (χ4v) is 2.17. The number of rotatable bonds is 4. The van der Waals surface area contributed by atoms with E-state index in [1.165, 1.54) is 0 Å². The molecule has 1 aliphatic rings. The van der Waals surface area contributed by atoms with Gasteiger partial charge in [-0.25, -0.2) is 4.98 Å². The molecule has 0 spiro atoms. The molecule has 1 aromatic carbocycles. The Morgan fingerprint density at radius 1 is 1.19 bits per heavy atom. The lowest BCUT2D eigenvalue weighted by atomic mass is 10.2. The summed E-state index contributed by atoms with van der Waals surface area (Å²) in [4.78, 5) is 8.65. The van der Waals surface area contributed by atoms with Gasteiger partial charge in [0.15, 0.2) is 11.5 Å². The first-order chi connectivity index (χ1) is 10.2. The molecule has 0 aliphatic carbocycles. The third-order valence-corrected chi connectivity index (χ3v) is 3.26. The van der Waals surface area contributed by atoms with E-state index in [9.17, 15) is 0 Å². The van der Waals surface area contributed by atoms with Crippen LogP contribution in [-0.4, -0.2) is 23.8 Å². The van der Waals surface area contributed by atoms with Crippen molar-refractivity contribution in [2.75, 3.05) is 19.2 Å². The van der Waals surface area contributed by atoms with Crippen LogP contribution in [0.2, 0.25) is 0 Å². The zero-order valence-electron chi connectivity index (χ0n) is 12.3. The molecule has 1 N–H and O–H groups in total. The minimum atomic E-state index is 0.273. The zero-order valence-corrected chi connectivity index (χ0v) is 12.3. The summed E-state index contributed by atoms with van der Waals surface area (Å²) in [6, 6.07) is 5.76. The number of aromatic nitrogens is 2. The number of anilines is 1. The van der Waals surface area contributed by atoms with Gasteiger partial charge >= 0.3 is 0 Å². The predicted molar refractivity (Wildman–Crippen MR) is 77.9 cm³/mol. The van der Waals surface area contributed by atoms with E-state index < -0.39 is 0 Å². The smallest absolute Gasteiger partial charge is 0.231 e. The van der Waals surface area contributed by atoms with E-state index in [-0.39, 0.29) is 6.79 Å². The van der Waals surface area contributed by atoms with Crippen molar-refractivity contribution in [1.82, 2.24) is 9.97 Å². The monoisotopic (exact) mass is 287 g/mol. The number of fused-ring (bicyclic) bond motifs is 1. The summed E-state index contributed by atoms with van der Waals surface area (Å²) >= 11 is 0. The average molecular weight is 287 g/mol. The minimum absolute atomic E-state index is 0.273. The van der Waals surface area contributed by atoms with Crippen molar-refractivity contribution in [2.45, 2.75) is 20.5 Å². The Bertz CT molecular complexity index is 673. The van der Waals surface area contributed by atoms with Gasteiger partial charge in [-0.3, -0.25) is 0 Å². The van der Waals surface area contributed by atoms with Crippen LogP contribution in [0.1, 0.15) is 17.0 Å². The van der Waals surface area contributed by atoms with Crippen molar-refractivity contribution >= 4 is 5.82 Å². The Balaban J connectivity index is 1.77. The summed E-state index contributed by atoms with van der Waals surface area (Å²) in [6.45, 7) is 4.46. The van der Waals surface area contributed by atoms with Gasteiger partial charge < -0.3 is 19.5 Å². The Labute approximate surface area is 123 Å². The van der Waals surface area contributed by atoms with Gasteiger partial charge in [0, 0.05) is 7.05 Å². The largest absolute Gasteiger partial charge is 0.472 e. The number of hydrogen-bond acceptors (Lipinski definition) is 6. The molecule has 0 saturated carbocycles. The van der Waals surface area contributed by atoms with Crippen LogP contribution in [0.25, 0.3) is 0 Å². The second-order valence-corrected chi connectivity index (χ2v) is 4.78. The van der Waals surface area contributed by atoms with Gasteiger partial charge in [0.2, 0.25) is 12.7 Å². The highest BCUT2D eigenvalue weighted by molar-refractivity contribution is 5.48. The number of nitrogens with zero attached hydrogens (tertiary/aromatic N) is 2. The van der Waals surface area contributed by atoms with E-state index in [2.05, 4.69) is 15.3 Å². The Morgan fingerprint density at radius 3 is 2.81 bits per heavy atom. The molecule has 110 valence electrons. The van der Waals surface area contributed by atoms with Gasteiger partial charge in [0.1, 0.15) is 18.2 Å². The van der Waals surface area contributed by atoms with Gasteiger partial charge in [-0.1, -0.05) is 6.07 Å². The van der Waals surface area contributed by atoms with Crippen LogP contribution in [0.4, 0.5) is 5.82 Å². The Kier molecular flexibility index (Phi) is 3.51. The van der Waals surface area contributed by atoms with E-state index in [0.717, 1.165) is 28.4 Å². The molecule has 0 unspecified atom stereocenters. The van der Waals surface area contributed by atoms with Crippen molar-refractivity contribution in [2.24, 2.45) is 0 Å². The number of nitrogens with one attached hydrogen (secondary N) is 1. The third kappa shape index (κ3) is 2.69. The lowest BCUT2D eigenvalue weighted by Crippen LogP contribution is -2.05. The molecule has 0 radical (unpaired) electrons. The van der Waals surface area contributed by atoms with E-state index >= 15 is 0 Å². The number of aryl methyl sites for hydroxylation is 1. The Morgan fingerprint density at radius 2 is 2.00 bits per heavy atom. The molecule has 1 aliphatic heterocycles. The highest BCUT2D eigenvalue weighted by Gasteiger charge is 2.14. The molecule has 6 nitrogen and oxygen atoms in total. The van der Waals surface area contributed by atoms with Crippen LogP contribution in [0.15, 0.2) is 18.2 Å². The van der Waals surface area contributed by atoms with Crippen LogP contribution in [0.3, 0.4) is 0 Å². The van der Waals surface area contributed by atoms with Crippen LogP contribution < -0.4 is 19.5 Å². The molecule has 2 heterocycles. The quantitative estimate of drug-likeness (QED) is 0.931. The first-order valence-corrected chi connectivity index (χ1v) is 6.71. The molecule has 0 bridgehead atoms. The molecule has 3 rings (SSSR count). The van der Waals surface area contributed by atoms with E-state index in [1.54, 1.807) is 0 Å². The second kappa shape index (κ2) is 5.47. The fraction of sp³-hybridized carbons (Fsp3) is 0.333. The summed E-state index contributed by atoms with van der Waals surface area (Å²) in [7, 11) is 1.83. The molecule has 0 saturated heterocycles. The van der Waals surface area contributed by atoms with E-state index in [1.807, 2.05) is 39.1 Å². The van der Waals surface area contributed by atoms with Crippen molar-refractivity contribution < 1.29 is 14.2 Å². The highest BCUT2D eigenvalue weighted by atomic mass is 16.7. The van der Waals surface area contributed by atoms with E-state index in [4.69, 9.17) is 14.2 Å². The first-order valence-electron chi connectivity index (χ1n) is 6.71. The molecule has 0 amide bonds. The molecule has 6 heteroatoms. The molecular formula is C15H17N3O3. The van der Waals surface area contributed by atoms with Crippen molar-refractivity contribution in [3.8, 4) is 17.4 Å². The zero-order chi connectivity index (χ0) is 14.8. The van der Waals surface area contributed by atoms with Crippen molar-refractivity contribution in [3.05, 3.63) is 35.2 Å². The molecule has 2 aromatic rings. The summed E-state index contributed by atoms with van der Waals surface area (Å²) in [6.07, 6.45) is 0. The van der Waals surface area contributed by atoms with Crippen LogP contribution >= 0.6 is 0 Å². The SMILES string of the molecule is CNc1nc(C)nc(OCc2ccc3c(c2)OCO3)c1C. The highest BCUT2D eigenvalue weighted by Crippen LogP contribution is 2.33. The lowest BCUT2D eigenvalue weighted by Gasteiger charge is -2.12. The van der Waals surface area contributed by atoms with Crippen LogP contribution in [-0.2, 0) is 6.61 Å². The predicted octanol–water partition coefficient (Wildman–Crippen LogP) is 2.44. The van der Waals surface area contributed by atoms with Gasteiger partial charge in [0.05, 0.1) is 5.56 Å². The first kappa shape index (κ1) is 13.5. The van der Waals surface area contributed by atoms with Gasteiger partial charge in [0.25, 0.3) is 0 Å². The normalized spacial score (nSPS) is 12.3. The van der Waals surface area contributed by atoms with Crippen LogP contribution in [0.5, 0.6) is 17.4 Å². The Hall–Kier alpha value is -2.50. The molecule has 1 aromatic heterocycles. The van der Waals surface area contributed by atoms with Gasteiger partial charge in [-0.2, -0.15) is 4.98 Å². The maximum absolute atomic E-state index is 5.82. The summed E-state index contributed by atoms with van der Waals surface area (Å²) in [5.41, 5.74) is 1.89. The second-order valence-electron chi connectivity index (χ2n) is 4.78. The molecule has 0 atom stereocenters. The summed E-state index contributed by atoms with van der Waals surface area (Å²) < 4.78 is 16.5. The molecule has 0 fully saturated rings. The summed E-state index contributed by atoms with van der Waals surface area (Å²) in [5.74, 6) is 3.56. The van der Waals surface area contributed by atoms with Crippen molar-refractivity contribution in [1.29, 1.82) is 0 Å². The number of benzene rings is 1. The van der Waals surface area contributed by atoms with Gasteiger partial charge in [-0.15, -0.1) is 0 Å². The fourth-order valence-electron chi connectivity index (χ4n) is 2.17. The summed E-state index contributed by atoms with van der Waals surface area (Å²) in [5, 5.41) is 3.04. The molecule has 21 heavy (non-hydrogen) atoms. The van der Waals surface area contributed by atoms with Gasteiger partial charge in [-0.05, 0) is 31.5 Å². The third-order valence-electron chi connectivity index (χ3n) is 3.26. The number of hydrogen-bond donors (Lipinski definition) is 1. The van der Waals surface area contributed by atoms with Crippen LogP contribution in [0, 0.1) is 13.8 Å². The molecular weight excluding hydrogens is 270 g/mol. The minimum Gasteiger partial charge on any atom is -0.472 e. The maximum atomic E-state index is 5.82. The maximum Gasteiger partial charge on any atom is 0.231 e. The van der Waals surface area contributed by atoms with Crippen molar-refractivity contribution in [3.63, 3.8) is 0 Å².